The van der Waals surface area contributed by atoms with Crippen LogP contribution in [0.5, 0.6) is 5.75 Å². The summed E-state index contributed by atoms with van der Waals surface area (Å²) in [4.78, 5) is 25.4. The smallest absolute Gasteiger partial charge is 0.321 e. The summed E-state index contributed by atoms with van der Waals surface area (Å²) < 4.78 is 6.98. The molecule has 3 aromatic rings. The second-order valence-corrected chi connectivity index (χ2v) is 7.55. The van der Waals surface area contributed by atoms with Crippen molar-refractivity contribution >= 4 is 29.3 Å². The van der Waals surface area contributed by atoms with Crippen LogP contribution in [0, 0.1) is 13.8 Å². The van der Waals surface area contributed by atoms with Crippen LogP contribution in [0.2, 0.25) is 0 Å². The van der Waals surface area contributed by atoms with E-state index in [2.05, 4.69) is 32.2 Å². The summed E-state index contributed by atoms with van der Waals surface area (Å²) in [5.41, 5.74) is 9.26. The number of anilines is 3. The van der Waals surface area contributed by atoms with Gasteiger partial charge in [-0.1, -0.05) is 0 Å². The van der Waals surface area contributed by atoms with Crippen LogP contribution < -0.4 is 20.7 Å². The minimum absolute atomic E-state index is 0.0316. The number of aryl methyl sites for hydroxylation is 2. The molecule has 30 heavy (non-hydrogen) atoms. The number of fused-ring (bicyclic) bond motifs is 1. The summed E-state index contributed by atoms with van der Waals surface area (Å²) in [5, 5.41) is 7.36. The van der Waals surface area contributed by atoms with E-state index in [-0.39, 0.29) is 18.0 Å². The first-order valence-electron chi connectivity index (χ1n) is 9.82. The van der Waals surface area contributed by atoms with E-state index in [4.69, 9.17) is 10.5 Å². The number of amides is 2. The number of aromatic nitrogens is 4. The number of carbonyl (C=O) groups is 1. The van der Waals surface area contributed by atoms with E-state index in [0.717, 1.165) is 22.6 Å². The topological polar surface area (TPSA) is 114 Å². The zero-order valence-electron chi connectivity index (χ0n) is 17.6. The van der Waals surface area contributed by atoms with Crippen molar-refractivity contribution < 1.29 is 9.53 Å². The third kappa shape index (κ3) is 3.56. The van der Waals surface area contributed by atoms with Gasteiger partial charge in [0.25, 0.3) is 0 Å². The summed E-state index contributed by atoms with van der Waals surface area (Å²) in [6.07, 6.45) is 1.75. The highest BCUT2D eigenvalue weighted by Crippen LogP contribution is 2.24. The number of urea groups is 1. The lowest BCUT2D eigenvalue weighted by Gasteiger charge is -2.40. The quantitative estimate of drug-likeness (QED) is 0.679. The van der Waals surface area contributed by atoms with Crippen LogP contribution in [0.1, 0.15) is 18.1 Å². The van der Waals surface area contributed by atoms with Gasteiger partial charge >= 0.3 is 6.03 Å². The molecular formula is C20H26N8O2. The fraction of sp³-hybridized carbons (Fsp3) is 0.400. The Labute approximate surface area is 174 Å². The normalized spacial score (nSPS) is 16.7. The second-order valence-electron chi connectivity index (χ2n) is 7.55. The summed E-state index contributed by atoms with van der Waals surface area (Å²) in [6.45, 7) is 7.65. The van der Waals surface area contributed by atoms with Gasteiger partial charge in [0.05, 0.1) is 13.3 Å². The van der Waals surface area contributed by atoms with Crippen LogP contribution in [-0.2, 0) is 0 Å². The Morgan fingerprint density at radius 2 is 2.03 bits per heavy atom. The molecule has 1 aliphatic heterocycles. The van der Waals surface area contributed by atoms with E-state index in [9.17, 15) is 4.79 Å². The maximum absolute atomic E-state index is 12.8. The van der Waals surface area contributed by atoms with Crippen molar-refractivity contribution in [1.82, 2.24) is 24.5 Å². The molecule has 0 saturated carbocycles. The maximum atomic E-state index is 12.8. The van der Waals surface area contributed by atoms with Crippen LogP contribution >= 0.6 is 0 Å². The van der Waals surface area contributed by atoms with E-state index in [0.29, 0.717) is 31.2 Å². The molecule has 1 atom stereocenters. The number of benzene rings is 1. The van der Waals surface area contributed by atoms with Gasteiger partial charge in [-0.3, -0.25) is 0 Å². The van der Waals surface area contributed by atoms with Crippen molar-refractivity contribution in [2.24, 2.45) is 0 Å². The third-order valence-corrected chi connectivity index (χ3v) is 5.36. The predicted molar refractivity (Wildman–Crippen MR) is 115 cm³/mol. The van der Waals surface area contributed by atoms with Crippen LogP contribution in [0.4, 0.5) is 22.4 Å². The summed E-state index contributed by atoms with van der Waals surface area (Å²) >= 11 is 0. The van der Waals surface area contributed by atoms with E-state index >= 15 is 0 Å². The molecule has 3 heterocycles. The monoisotopic (exact) mass is 410 g/mol. The Morgan fingerprint density at radius 3 is 2.73 bits per heavy atom. The van der Waals surface area contributed by atoms with Gasteiger partial charge in [-0.25, -0.2) is 4.79 Å². The number of ether oxygens (including phenoxy) is 1. The first-order chi connectivity index (χ1) is 14.4. The SMILES string of the molecule is COc1ccc(NC(=O)N2CCN(c3nc(N)nc4c(C)cnn34)[C@@H](C)C2)cc1C. The number of methoxy groups -OCH3 is 1. The molecule has 0 aliphatic carbocycles. The van der Waals surface area contributed by atoms with Crippen molar-refractivity contribution in [3.05, 3.63) is 35.5 Å². The number of nitrogens with two attached hydrogens (primary N) is 1. The second kappa shape index (κ2) is 7.69. The number of carbonyl (C=O) groups excluding carboxylic acids is 1. The van der Waals surface area contributed by atoms with E-state index in [1.807, 2.05) is 32.0 Å². The zero-order valence-corrected chi connectivity index (χ0v) is 17.6. The Bertz CT molecular complexity index is 1100. The minimum atomic E-state index is -0.131. The fourth-order valence-electron chi connectivity index (χ4n) is 3.77. The first kappa shape index (κ1) is 19.7. The molecule has 3 N–H and O–H groups in total. The highest BCUT2D eigenvalue weighted by atomic mass is 16.5. The van der Waals surface area contributed by atoms with Crippen LogP contribution in [0.15, 0.2) is 24.4 Å². The lowest BCUT2D eigenvalue weighted by Crippen LogP contribution is -2.55. The molecule has 10 nitrogen and oxygen atoms in total. The molecule has 1 aliphatic rings. The fourth-order valence-corrected chi connectivity index (χ4v) is 3.77. The average Bonchev–Trinajstić information content (AvgIpc) is 3.08. The number of nitrogen functional groups attached to an aromatic ring is 1. The number of nitrogens with one attached hydrogen (secondary N) is 1. The standard InChI is InChI=1S/C20H26N8O2/c1-12-9-15(5-6-16(12)30-4)23-20(29)26-7-8-27(14(3)11-26)19-25-18(21)24-17-13(2)10-22-28(17)19/h5-6,9-10,14H,7-8,11H2,1-4H3,(H2,21,24)(H,23,29)/t14-/m0/s1. The number of hydrogen-bond acceptors (Lipinski definition) is 7. The molecule has 158 valence electrons. The average molecular weight is 410 g/mol. The van der Waals surface area contributed by atoms with Gasteiger partial charge < -0.3 is 25.6 Å². The van der Waals surface area contributed by atoms with E-state index in [1.165, 1.54) is 0 Å². The molecular weight excluding hydrogens is 384 g/mol. The molecule has 0 radical (unpaired) electrons. The summed E-state index contributed by atoms with van der Waals surface area (Å²) in [5.74, 6) is 1.65. The first-order valence-corrected chi connectivity index (χ1v) is 9.82. The largest absolute Gasteiger partial charge is 0.496 e. The van der Waals surface area contributed by atoms with Gasteiger partial charge in [-0.15, -0.1) is 0 Å². The lowest BCUT2D eigenvalue weighted by atomic mass is 10.2. The molecule has 0 unspecified atom stereocenters. The molecule has 4 rings (SSSR count). The van der Waals surface area contributed by atoms with Gasteiger partial charge in [-0.05, 0) is 44.5 Å². The van der Waals surface area contributed by atoms with Crippen LogP contribution in [0.25, 0.3) is 5.65 Å². The van der Waals surface area contributed by atoms with Crippen LogP contribution in [0.3, 0.4) is 0 Å². The van der Waals surface area contributed by atoms with Gasteiger partial charge in [0.1, 0.15) is 5.75 Å². The van der Waals surface area contributed by atoms with Crippen molar-refractivity contribution in [3.8, 4) is 5.75 Å². The highest BCUT2D eigenvalue weighted by Gasteiger charge is 2.30. The van der Waals surface area contributed by atoms with Crippen LogP contribution in [-0.4, -0.2) is 63.3 Å². The van der Waals surface area contributed by atoms with Gasteiger partial charge in [0.2, 0.25) is 11.9 Å². The number of rotatable bonds is 3. The maximum Gasteiger partial charge on any atom is 0.321 e. The van der Waals surface area contributed by atoms with E-state index < -0.39 is 0 Å². The molecule has 10 heteroatoms. The molecule has 0 bridgehead atoms. The lowest BCUT2D eigenvalue weighted by molar-refractivity contribution is 0.199. The minimum Gasteiger partial charge on any atom is -0.496 e. The Kier molecular flexibility index (Phi) is 5.06. The molecule has 2 amide bonds. The number of nitrogens with zero attached hydrogens (tertiary/aromatic N) is 6. The number of hydrogen-bond donors (Lipinski definition) is 2. The Balaban J connectivity index is 1.48. The van der Waals surface area contributed by atoms with Gasteiger partial charge in [-0.2, -0.15) is 19.6 Å². The summed E-state index contributed by atoms with van der Waals surface area (Å²) in [6, 6.07) is 5.49. The predicted octanol–water partition coefficient (Wildman–Crippen LogP) is 2.07. The van der Waals surface area contributed by atoms with Crippen molar-refractivity contribution in [2.75, 3.05) is 42.7 Å². The molecule has 2 aromatic heterocycles. The Morgan fingerprint density at radius 1 is 1.23 bits per heavy atom. The van der Waals surface area contributed by atoms with Crippen molar-refractivity contribution in [3.63, 3.8) is 0 Å². The summed E-state index contributed by atoms with van der Waals surface area (Å²) in [7, 11) is 1.63. The molecule has 1 saturated heterocycles. The molecule has 0 spiro atoms. The third-order valence-electron chi connectivity index (χ3n) is 5.36. The molecule has 1 aromatic carbocycles. The van der Waals surface area contributed by atoms with Crippen molar-refractivity contribution in [1.29, 1.82) is 0 Å². The molecule has 1 fully saturated rings. The van der Waals surface area contributed by atoms with Gasteiger partial charge in [0, 0.05) is 36.9 Å². The van der Waals surface area contributed by atoms with Crippen molar-refractivity contribution in [2.45, 2.75) is 26.8 Å². The highest BCUT2D eigenvalue weighted by molar-refractivity contribution is 5.89. The van der Waals surface area contributed by atoms with E-state index in [1.54, 1.807) is 22.7 Å². The zero-order chi connectivity index (χ0) is 21.4. The Hall–Kier alpha value is -3.56. The number of piperazine rings is 1. The van der Waals surface area contributed by atoms with Gasteiger partial charge in [0.15, 0.2) is 5.65 Å².